The molecule has 0 radical (unpaired) electrons. The second-order valence-corrected chi connectivity index (χ2v) is 5.61. The predicted octanol–water partition coefficient (Wildman–Crippen LogP) is 2.34. The number of rotatable bonds is 2. The highest BCUT2D eigenvalue weighted by atomic mass is 19.1. The highest BCUT2D eigenvalue weighted by Gasteiger charge is 2.89. The van der Waals surface area contributed by atoms with Crippen LogP contribution in [0.2, 0.25) is 0 Å². The van der Waals surface area contributed by atoms with Crippen LogP contribution in [0.1, 0.15) is 18.1 Å². The van der Waals surface area contributed by atoms with E-state index in [0.29, 0.717) is 5.41 Å². The van der Waals surface area contributed by atoms with E-state index in [0.717, 1.165) is 23.4 Å². The minimum absolute atomic E-state index is 0.0728. The van der Waals surface area contributed by atoms with E-state index < -0.39 is 0 Å². The van der Waals surface area contributed by atoms with Crippen LogP contribution in [0.4, 0.5) is 4.39 Å². The van der Waals surface area contributed by atoms with Gasteiger partial charge < -0.3 is 0 Å². The predicted molar refractivity (Wildman–Crippen MR) is 60.8 cm³/mol. The number of likely N-dealkylation sites (N-methyl/N-ethyl adjacent to an activating group) is 1. The SMILES string of the molecule is CCN1CC2(c3ccc(F)c(C)c3)C3C1C32. The van der Waals surface area contributed by atoms with Gasteiger partial charge in [-0.1, -0.05) is 19.1 Å². The normalized spacial score (nSPS) is 43.3. The van der Waals surface area contributed by atoms with Gasteiger partial charge in [0.05, 0.1) is 0 Å². The second-order valence-electron chi connectivity index (χ2n) is 5.61. The Morgan fingerprint density at radius 3 is 2.75 bits per heavy atom. The average Bonchev–Trinajstić information content (AvgIpc) is 3.10. The standard InChI is InChI=1S/C14H16FN/c1-3-16-7-14(11-12(14)13(11)16)9-4-5-10(15)8(2)6-9/h4-6,11-13H,3,7H2,1-2H3. The van der Waals surface area contributed by atoms with Crippen molar-refractivity contribution in [2.24, 2.45) is 11.8 Å². The lowest BCUT2D eigenvalue weighted by atomic mass is 9.87. The molecule has 2 saturated heterocycles. The Hall–Kier alpha value is -0.890. The second kappa shape index (κ2) is 2.51. The molecule has 4 aliphatic rings. The third-order valence-corrected chi connectivity index (χ3v) is 5.05. The first-order chi connectivity index (χ1) is 7.70. The van der Waals surface area contributed by atoms with Gasteiger partial charge in [-0.15, -0.1) is 0 Å². The van der Waals surface area contributed by atoms with Crippen LogP contribution in [0, 0.1) is 24.6 Å². The van der Waals surface area contributed by atoms with Gasteiger partial charge in [0.15, 0.2) is 0 Å². The van der Waals surface area contributed by atoms with Crippen LogP contribution < -0.4 is 0 Å². The lowest BCUT2D eigenvalue weighted by Gasteiger charge is -2.16. The average molecular weight is 217 g/mol. The Morgan fingerprint density at radius 2 is 2.19 bits per heavy atom. The van der Waals surface area contributed by atoms with E-state index in [1.807, 2.05) is 13.0 Å². The van der Waals surface area contributed by atoms with Crippen molar-refractivity contribution in [3.8, 4) is 0 Å². The minimum atomic E-state index is -0.0728. The molecule has 5 rings (SSSR count). The van der Waals surface area contributed by atoms with Crippen LogP contribution >= 0.6 is 0 Å². The van der Waals surface area contributed by atoms with E-state index in [1.54, 1.807) is 6.07 Å². The minimum Gasteiger partial charge on any atom is -0.299 e. The maximum Gasteiger partial charge on any atom is 0.126 e. The molecule has 2 heterocycles. The van der Waals surface area contributed by atoms with Gasteiger partial charge in [0.1, 0.15) is 5.82 Å². The summed E-state index contributed by atoms with van der Waals surface area (Å²) in [5.41, 5.74) is 2.61. The lowest BCUT2D eigenvalue weighted by molar-refractivity contribution is 0.338. The first kappa shape index (κ1) is 9.17. The van der Waals surface area contributed by atoms with Crippen LogP contribution in [-0.4, -0.2) is 24.0 Å². The number of halogens is 1. The fraction of sp³-hybridized carbons (Fsp3) is 0.571. The van der Waals surface area contributed by atoms with Crippen molar-refractivity contribution in [2.45, 2.75) is 25.3 Å². The molecule has 84 valence electrons. The van der Waals surface area contributed by atoms with Crippen LogP contribution in [0.5, 0.6) is 0 Å². The summed E-state index contributed by atoms with van der Waals surface area (Å²) in [6.07, 6.45) is 0. The Kier molecular flexibility index (Phi) is 1.44. The molecule has 16 heavy (non-hydrogen) atoms. The molecule has 2 heteroatoms. The van der Waals surface area contributed by atoms with Crippen molar-refractivity contribution in [2.75, 3.05) is 13.1 Å². The molecule has 1 nitrogen and oxygen atoms in total. The summed E-state index contributed by atoms with van der Waals surface area (Å²) in [5, 5.41) is 0. The zero-order valence-corrected chi connectivity index (χ0v) is 9.70. The molecular formula is C14H16FN. The van der Waals surface area contributed by atoms with Gasteiger partial charge in [-0.25, -0.2) is 4.39 Å². The van der Waals surface area contributed by atoms with Crippen molar-refractivity contribution in [3.05, 3.63) is 35.1 Å². The monoisotopic (exact) mass is 217 g/mol. The number of nitrogens with zero attached hydrogens (tertiary/aromatic N) is 1. The molecule has 0 aromatic heterocycles. The third kappa shape index (κ3) is 0.797. The zero-order valence-electron chi connectivity index (χ0n) is 9.70. The van der Waals surface area contributed by atoms with Crippen LogP contribution in [0.25, 0.3) is 0 Å². The molecule has 2 aliphatic carbocycles. The number of aryl methyl sites for hydroxylation is 1. The highest BCUT2D eigenvalue weighted by Crippen LogP contribution is 2.83. The van der Waals surface area contributed by atoms with Crippen molar-refractivity contribution in [3.63, 3.8) is 0 Å². The van der Waals surface area contributed by atoms with Gasteiger partial charge in [0, 0.05) is 18.0 Å². The summed E-state index contributed by atoms with van der Waals surface area (Å²) in [6.45, 7) is 6.48. The smallest absolute Gasteiger partial charge is 0.126 e. The number of fused-ring (bicyclic) bond motifs is 1. The first-order valence-corrected chi connectivity index (χ1v) is 6.21. The molecule has 0 spiro atoms. The van der Waals surface area contributed by atoms with Gasteiger partial charge >= 0.3 is 0 Å². The van der Waals surface area contributed by atoms with Gasteiger partial charge in [-0.2, -0.15) is 0 Å². The first-order valence-electron chi connectivity index (χ1n) is 6.21. The molecule has 4 fully saturated rings. The summed E-state index contributed by atoms with van der Waals surface area (Å²) in [5.74, 6) is 1.73. The third-order valence-electron chi connectivity index (χ3n) is 5.05. The van der Waals surface area contributed by atoms with E-state index in [-0.39, 0.29) is 5.82 Å². The van der Waals surface area contributed by atoms with Gasteiger partial charge in [-0.3, -0.25) is 4.90 Å². The van der Waals surface area contributed by atoms with Crippen molar-refractivity contribution >= 4 is 0 Å². The van der Waals surface area contributed by atoms with E-state index in [4.69, 9.17) is 0 Å². The number of hydrogen-bond donors (Lipinski definition) is 0. The molecule has 1 aromatic carbocycles. The highest BCUT2D eigenvalue weighted by molar-refractivity contribution is 5.54. The maximum absolute atomic E-state index is 13.3. The molecule has 1 aromatic rings. The van der Waals surface area contributed by atoms with Crippen LogP contribution in [-0.2, 0) is 5.41 Å². The zero-order chi connectivity index (χ0) is 11.1. The summed E-state index contributed by atoms with van der Waals surface area (Å²) in [4.78, 5) is 2.59. The molecule has 2 saturated carbocycles. The van der Waals surface area contributed by atoms with E-state index in [1.165, 1.54) is 18.7 Å². The largest absolute Gasteiger partial charge is 0.299 e. The van der Waals surface area contributed by atoms with Crippen molar-refractivity contribution in [1.29, 1.82) is 0 Å². The van der Waals surface area contributed by atoms with Crippen LogP contribution in [0.15, 0.2) is 18.2 Å². The van der Waals surface area contributed by atoms with Gasteiger partial charge in [0.2, 0.25) is 0 Å². The Labute approximate surface area is 95.3 Å². The Morgan fingerprint density at radius 1 is 1.44 bits per heavy atom. The Bertz CT molecular complexity index is 472. The molecule has 2 aliphatic heterocycles. The fourth-order valence-corrected chi connectivity index (χ4v) is 4.12. The van der Waals surface area contributed by atoms with Crippen LogP contribution in [0.3, 0.4) is 0 Å². The summed E-state index contributed by atoms with van der Waals surface area (Å²) in [7, 11) is 0. The van der Waals surface area contributed by atoms with E-state index >= 15 is 0 Å². The van der Waals surface area contributed by atoms with Gasteiger partial charge in [-0.05, 0) is 42.5 Å². The van der Waals surface area contributed by atoms with Crippen molar-refractivity contribution in [1.82, 2.24) is 4.90 Å². The molecule has 0 N–H and O–H groups in total. The summed E-state index contributed by atoms with van der Waals surface area (Å²) >= 11 is 0. The summed E-state index contributed by atoms with van der Waals surface area (Å²) < 4.78 is 13.3. The maximum atomic E-state index is 13.3. The Balaban J connectivity index is 1.71. The fourth-order valence-electron chi connectivity index (χ4n) is 4.12. The topological polar surface area (TPSA) is 3.24 Å². The lowest BCUT2D eigenvalue weighted by Crippen LogP contribution is -2.20. The molecule has 2 atom stereocenters. The molecule has 2 bridgehead atoms. The quantitative estimate of drug-likeness (QED) is 0.735. The van der Waals surface area contributed by atoms with E-state index in [9.17, 15) is 4.39 Å². The summed E-state index contributed by atoms with van der Waals surface area (Å²) in [6, 6.07) is 6.58. The van der Waals surface area contributed by atoms with Crippen molar-refractivity contribution < 1.29 is 4.39 Å². The molecule has 0 amide bonds. The number of hydrogen-bond acceptors (Lipinski definition) is 1. The molecule has 2 unspecified atom stereocenters. The molecular weight excluding hydrogens is 201 g/mol. The number of piperidine rings is 1. The van der Waals surface area contributed by atoms with Gasteiger partial charge in [0.25, 0.3) is 0 Å². The number of benzene rings is 1. The van der Waals surface area contributed by atoms with E-state index in [2.05, 4.69) is 17.9 Å².